The maximum Gasteiger partial charge on any atom is 0.128 e. The molecule has 0 radical (unpaired) electrons. The lowest BCUT2D eigenvalue weighted by atomic mass is 9.89. The Labute approximate surface area is 117 Å². The van der Waals surface area contributed by atoms with Crippen LogP contribution in [0.4, 0.5) is 5.82 Å². The van der Waals surface area contributed by atoms with Gasteiger partial charge in [0.15, 0.2) is 0 Å². The molecule has 1 aromatic heterocycles. The van der Waals surface area contributed by atoms with E-state index < -0.39 is 0 Å². The summed E-state index contributed by atoms with van der Waals surface area (Å²) in [4.78, 5) is 7.02. The smallest absolute Gasteiger partial charge is 0.128 e. The van der Waals surface area contributed by atoms with E-state index in [1.807, 2.05) is 7.05 Å². The number of pyridine rings is 1. The van der Waals surface area contributed by atoms with E-state index in [1.165, 1.54) is 37.7 Å². The van der Waals surface area contributed by atoms with Crippen molar-refractivity contribution in [2.24, 2.45) is 5.92 Å². The standard InChI is InChI=1S/C16H27N3/c1-13-9-15(11-17-2)10-16(18-13)19(3)12-14-7-5-4-6-8-14/h9-10,14,17H,4-8,11-12H2,1-3H3. The molecule has 2 rings (SSSR count). The van der Waals surface area contributed by atoms with Crippen LogP contribution in [0.5, 0.6) is 0 Å². The summed E-state index contributed by atoms with van der Waals surface area (Å²) in [5.41, 5.74) is 2.43. The van der Waals surface area contributed by atoms with Gasteiger partial charge in [0, 0.05) is 25.8 Å². The van der Waals surface area contributed by atoms with E-state index in [0.717, 1.165) is 30.5 Å². The summed E-state index contributed by atoms with van der Waals surface area (Å²) in [5.74, 6) is 1.98. The van der Waals surface area contributed by atoms with Gasteiger partial charge >= 0.3 is 0 Å². The molecule has 0 amide bonds. The van der Waals surface area contributed by atoms with Gasteiger partial charge < -0.3 is 10.2 Å². The first-order chi connectivity index (χ1) is 9.19. The molecule has 19 heavy (non-hydrogen) atoms. The predicted octanol–water partition coefficient (Wildman–Crippen LogP) is 3.13. The van der Waals surface area contributed by atoms with Crippen LogP contribution in [0.1, 0.15) is 43.4 Å². The molecule has 0 spiro atoms. The fraction of sp³-hybridized carbons (Fsp3) is 0.688. The van der Waals surface area contributed by atoms with E-state index in [9.17, 15) is 0 Å². The number of hydrogen-bond acceptors (Lipinski definition) is 3. The highest BCUT2D eigenvalue weighted by molar-refractivity contribution is 5.42. The minimum absolute atomic E-state index is 0.855. The third kappa shape index (κ3) is 4.20. The largest absolute Gasteiger partial charge is 0.359 e. The first-order valence-electron chi connectivity index (χ1n) is 7.52. The van der Waals surface area contributed by atoms with Crippen molar-refractivity contribution in [2.75, 3.05) is 25.5 Å². The van der Waals surface area contributed by atoms with E-state index in [1.54, 1.807) is 0 Å². The second-order valence-corrected chi connectivity index (χ2v) is 5.89. The zero-order valence-corrected chi connectivity index (χ0v) is 12.6. The average Bonchev–Trinajstić information content (AvgIpc) is 2.39. The molecule has 0 unspecified atom stereocenters. The molecule has 0 aliphatic heterocycles. The number of aryl methyl sites for hydroxylation is 1. The van der Waals surface area contributed by atoms with Crippen LogP contribution in [0, 0.1) is 12.8 Å². The average molecular weight is 261 g/mol. The van der Waals surface area contributed by atoms with Gasteiger partial charge in [0.2, 0.25) is 0 Å². The first-order valence-corrected chi connectivity index (χ1v) is 7.52. The van der Waals surface area contributed by atoms with Crippen molar-refractivity contribution in [2.45, 2.75) is 45.6 Å². The van der Waals surface area contributed by atoms with Gasteiger partial charge in [-0.2, -0.15) is 0 Å². The normalized spacial score (nSPS) is 16.6. The SMILES string of the molecule is CNCc1cc(C)nc(N(C)CC2CCCCC2)c1. The van der Waals surface area contributed by atoms with Gasteiger partial charge in [-0.05, 0) is 50.4 Å². The lowest BCUT2D eigenvalue weighted by Crippen LogP contribution is -2.27. The molecule has 1 aliphatic carbocycles. The zero-order chi connectivity index (χ0) is 13.7. The third-order valence-corrected chi connectivity index (χ3v) is 4.03. The summed E-state index contributed by atoms with van der Waals surface area (Å²) in [6, 6.07) is 4.38. The number of hydrogen-bond donors (Lipinski definition) is 1. The third-order valence-electron chi connectivity index (χ3n) is 4.03. The molecular formula is C16H27N3. The molecule has 0 aromatic carbocycles. The Morgan fingerprint density at radius 2 is 2.00 bits per heavy atom. The molecule has 3 nitrogen and oxygen atoms in total. The van der Waals surface area contributed by atoms with Gasteiger partial charge in [0.25, 0.3) is 0 Å². The summed E-state index contributed by atoms with van der Waals surface area (Å²) >= 11 is 0. The summed E-state index contributed by atoms with van der Waals surface area (Å²) < 4.78 is 0. The molecule has 1 aliphatic rings. The Bertz CT molecular complexity index is 397. The summed E-state index contributed by atoms with van der Waals surface area (Å²) in [6.45, 7) is 4.14. The van der Waals surface area contributed by atoms with Crippen molar-refractivity contribution < 1.29 is 0 Å². The minimum atomic E-state index is 0.855. The zero-order valence-electron chi connectivity index (χ0n) is 12.6. The quantitative estimate of drug-likeness (QED) is 0.882. The highest BCUT2D eigenvalue weighted by Gasteiger charge is 2.16. The van der Waals surface area contributed by atoms with Crippen molar-refractivity contribution in [1.29, 1.82) is 0 Å². The lowest BCUT2D eigenvalue weighted by Gasteiger charge is -2.28. The lowest BCUT2D eigenvalue weighted by molar-refractivity contribution is 0.361. The van der Waals surface area contributed by atoms with Gasteiger partial charge in [-0.3, -0.25) is 0 Å². The molecular weight excluding hydrogens is 234 g/mol. The monoisotopic (exact) mass is 261 g/mol. The van der Waals surface area contributed by atoms with Gasteiger partial charge in [0.1, 0.15) is 5.82 Å². The molecule has 3 heteroatoms. The Balaban J connectivity index is 2.02. The van der Waals surface area contributed by atoms with E-state index in [4.69, 9.17) is 0 Å². The predicted molar refractivity (Wildman–Crippen MR) is 81.6 cm³/mol. The Morgan fingerprint density at radius 3 is 2.68 bits per heavy atom. The fourth-order valence-corrected chi connectivity index (χ4v) is 3.07. The van der Waals surface area contributed by atoms with Crippen LogP contribution < -0.4 is 10.2 Å². The number of anilines is 1. The van der Waals surface area contributed by atoms with E-state index >= 15 is 0 Å². The van der Waals surface area contributed by atoms with Crippen LogP contribution in [0.15, 0.2) is 12.1 Å². The topological polar surface area (TPSA) is 28.2 Å². The highest BCUT2D eigenvalue weighted by Crippen LogP contribution is 2.25. The number of rotatable bonds is 5. The van der Waals surface area contributed by atoms with E-state index in [0.29, 0.717) is 0 Å². The Hall–Kier alpha value is -1.09. The molecule has 1 N–H and O–H groups in total. The second-order valence-electron chi connectivity index (χ2n) is 5.89. The molecule has 106 valence electrons. The van der Waals surface area contributed by atoms with Crippen LogP contribution in [0.2, 0.25) is 0 Å². The number of nitrogens with zero attached hydrogens (tertiary/aromatic N) is 2. The van der Waals surface area contributed by atoms with Crippen molar-refractivity contribution >= 4 is 5.82 Å². The molecule has 1 heterocycles. The first kappa shape index (κ1) is 14.3. The molecule has 1 aromatic rings. The van der Waals surface area contributed by atoms with E-state index in [-0.39, 0.29) is 0 Å². The van der Waals surface area contributed by atoms with Crippen LogP contribution >= 0.6 is 0 Å². The van der Waals surface area contributed by atoms with Gasteiger partial charge in [-0.1, -0.05) is 19.3 Å². The maximum absolute atomic E-state index is 4.68. The molecule has 0 atom stereocenters. The molecule has 1 saturated carbocycles. The second kappa shape index (κ2) is 6.90. The highest BCUT2D eigenvalue weighted by atomic mass is 15.2. The summed E-state index contributed by atoms with van der Waals surface area (Å²) in [7, 11) is 4.17. The van der Waals surface area contributed by atoms with Crippen molar-refractivity contribution in [1.82, 2.24) is 10.3 Å². The molecule has 0 bridgehead atoms. The van der Waals surface area contributed by atoms with Crippen LogP contribution in [0.25, 0.3) is 0 Å². The Morgan fingerprint density at radius 1 is 1.26 bits per heavy atom. The maximum atomic E-state index is 4.68. The van der Waals surface area contributed by atoms with Gasteiger partial charge in [-0.25, -0.2) is 4.98 Å². The van der Waals surface area contributed by atoms with Gasteiger partial charge in [-0.15, -0.1) is 0 Å². The van der Waals surface area contributed by atoms with Crippen LogP contribution in [0.3, 0.4) is 0 Å². The fourth-order valence-electron chi connectivity index (χ4n) is 3.07. The summed E-state index contributed by atoms with van der Waals surface area (Å²) in [6.07, 6.45) is 7.02. The van der Waals surface area contributed by atoms with Crippen molar-refractivity contribution in [3.63, 3.8) is 0 Å². The van der Waals surface area contributed by atoms with Crippen LogP contribution in [-0.4, -0.2) is 25.6 Å². The minimum Gasteiger partial charge on any atom is -0.359 e. The van der Waals surface area contributed by atoms with Crippen LogP contribution in [-0.2, 0) is 6.54 Å². The number of aromatic nitrogens is 1. The molecule has 1 fully saturated rings. The molecule has 0 saturated heterocycles. The summed E-state index contributed by atoms with van der Waals surface area (Å²) in [5, 5.41) is 3.21. The number of nitrogens with one attached hydrogen (secondary N) is 1. The van der Waals surface area contributed by atoms with E-state index in [2.05, 4.69) is 41.3 Å². The van der Waals surface area contributed by atoms with Crippen molar-refractivity contribution in [3.8, 4) is 0 Å². The van der Waals surface area contributed by atoms with Gasteiger partial charge in [0.05, 0.1) is 0 Å². The Kier molecular flexibility index (Phi) is 5.20. The van der Waals surface area contributed by atoms with Crippen molar-refractivity contribution in [3.05, 3.63) is 23.4 Å².